The molecule has 4 aliphatic carbocycles. The largest absolute Gasteiger partial charge is 0.456 e. The molecule has 29 heavy (non-hydrogen) atoms. The van der Waals surface area contributed by atoms with Crippen LogP contribution < -0.4 is 0 Å². The van der Waals surface area contributed by atoms with Gasteiger partial charge in [-0.25, -0.2) is 8.42 Å². The number of sulfone groups is 1. The Hall–Kier alpha value is -1.62. The number of ether oxygens (including phenoxy) is 1. The van der Waals surface area contributed by atoms with Crippen LogP contribution in [0.2, 0.25) is 0 Å². The highest BCUT2D eigenvalue weighted by Gasteiger charge is 2.54. The van der Waals surface area contributed by atoms with E-state index in [1.165, 1.54) is 19.3 Å². The van der Waals surface area contributed by atoms with E-state index in [0.717, 1.165) is 19.3 Å². The number of carbonyl (C=O) groups excluding carboxylic acids is 2. The Balaban J connectivity index is 1.37. The van der Waals surface area contributed by atoms with E-state index in [0.29, 0.717) is 30.7 Å². The Bertz CT molecular complexity index is 780. The van der Waals surface area contributed by atoms with Gasteiger partial charge >= 0.3 is 5.97 Å². The van der Waals surface area contributed by atoms with Crippen molar-refractivity contribution in [1.29, 1.82) is 5.26 Å². The van der Waals surface area contributed by atoms with Crippen LogP contribution >= 0.6 is 0 Å². The van der Waals surface area contributed by atoms with Gasteiger partial charge in [-0.15, -0.1) is 0 Å². The quantitative estimate of drug-likeness (QED) is 0.582. The van der Waals surface area contributed by atoms with Crippen molar-refractivity contribution in [3.8, 4) is 6.07 Å². The second-order valence-corrected chi connectivity index (χ2v) is 12.0. The Labute approximate surface area is 172 Å². The third-order valence-corrected chi connectivity index (χ3v) is 9.30. The maximum absolute atomic E-state index is 13.1. The van der Waals surface area contributed by atoms with Crippen molar-refractivity contribution in [3.05, 3.63) is 0 Å². The minimum atomic E-state index is -3.04. The monoisotopic (exact) mass is 422 g/mol. The van der Waals surface area contributed by atoms with Crippen LogP contribution in [0, 0.1) is 35.0 Å². The SMILES string of the molecule is N#CCCN(C(=O)COC(=O)C[C@H]1CCS(=O)(=O)C1)C12CC3CC(CC(C3)C1)C2. The lowest BCUT2D eigenvalue weighted by atomic mass is 9.52. The molecule has 1 aliphatic heterocycles. The fraction of sp³-hybridized carbons (Fsp3) is 0.857. The van der Waals surface area contributed by atoms with Gasteiger partial charge in [-0.05, 0) is 68.6 Å². The number of rotatable bonds is 7. The van der Waals surface area contributed by atoms with E-state index in [-0.39, 0.29) is 48.3 Å². The van der Waals surface area contributed by atoms with Gasteiger partial charge < -0.3 is 9.64 Å². The van der Waals surface area contributed by atoms with Crippen molar-refractivity contribution in [2.45, 2.75) is 63.3 Å². The zero-order valence-corrected chi connectivity index (χ0v) is 17.7. The third-order valence-electron chi connectivity index (χ3n) is 7.47. The summed E-state index contributed by atoms with van der Waals surface area (Å²) in [4.78, 5) is 27.1. The second-order valence-electron chi connectivity index (χ2n) is 9.73. The molecule has 5 fully saturated rings. The molecular formula is C21H30N2O5S. The molecule has 0 N–H and O–H groups in total. The first-order valence-electron chi connectivity index (χ1n) is 10.8. The van der Waals surface area contributed by atoms with E-state index >= 15 is 0 Å². The van der Waals surface area contributed by atoms with Crippen LogP contribution in [0.5, 0.6) is 0 Å². The average molecular weight is 423 g/mol. The molecule has 1 saturated heterocycles. The number of esters is 1. The first-order chi connectivity index (χ1) is 13.8. The maximum Gasteiger partial charge on any atom is 0.306 e. The molecule has 7 nitrogen and oxygen atoms in total. The predicted octanol–water partition coefficient (Wildman–Crippen LogP) is 2.07. The van der Waals surface area contributed by atoms with E-state index < -0.39 is 15.8 Å². The highest BCUT2D eigenvalue weighted by molar-refractivity contribution is 7.91. The Morgan fingerprint density at radius 2 is 1.72 bits per heavy atom. The van der Waals surface area contributed by atoms with Gasteiger partial charge in [0.15, 0.2) is 16.4 Å². The normalized spacial score (nSPS) is 36.5. The van der Waals surface area contributed by atoms with Crippen molar-refractivity contribution in [1.82, 2.24) is 4.90 Å². The molecule has 0 aromatic rings. The molecule has 0 radical (unpaired) electrons. The lowest BCUT2D eigenvalue weighted by Gasteiger charge is -2.60. The van der Waals surface area contributed by atoms with Crippen LogP contribution in [0.4, 0.5) is 0 Å². The maximum atomic E-state index is 13.1. The molecule has 1 amide bonds. The van der Waals surface area contributed by atoms with Crippen molar-refractivity contribution >= 4 is 21.7 Å². The topological polar surface area (TPSA) is 105 Å². The summed E-state index contributed by atoms with van der Waals surface area (Å²) in [5.41, 5.74) is -0.172. The molecule has 0 aromatic carbocycles. The summed E-state index contributed by atoms with van der Waals surface area (Å²) < 4.78 is 28.3. The molecule has 4 bridgehead atoms. The molecule has 1 heterocycles. The van der Waals surface area contributed by atoms with Gasteiger partial charge in [0.2, 0.25) is 0 Å². The van der Waals surface area contributed by atoms with Gasteiger partial charge in [-0.3, -0.25) is 9.59 Å². The fourth-order valence-electron chi connectivity index (χ4n) is 6.73. The van der Waals surface area contributed by atoms with Crippen molar-refractivity contribution in [2.75, 3.05) is 24.7 Å². The van der Waals surface area contributed by atoms with Crippen molar-refractivity contribution in [2.24, 2.45) is 23.7 Å². The number of amides is 1. The zero-order chi connectivity index (χ0) is 20.6. The second kappa shape index (κ2) is 7.90. The first kappa shape index (κ1) is 20.6. The summed E-state index contributed by atoms with van der Waals surface area (Å²) in [5, 5.41) is 9.08. The fourth-order valence-corrected chi connectivity index (χ4v) is 8.59. The van der Waals surface area contributed by atoms with E-state index in [2.05, 4.69) is 6.07 Å². The van der Waals surface area contributed by atoms with Crippen LogP contribution in [-0.4, -0.2) is 55.4 Å². The van der Waals surface area contributed by atoms with Crippen LogP contribution in [0.15, 0.2) is 0 Å². The summed E-state index contributed by atoms with van der Waals surface area (Å²) >= 11 is 0. The summed E-state index contributed by atoms with van der Waals surface area (Å²) in [5.74, 6) is 1.23. The smallest absolute Gasteiger partial charge is 0.306 e. The first-order valence-corrected chi connectivity index (χ1v) is 12.6. The molecule has 0 unspecified atom stereocenters. The molecule has 0 aromatic heterocycles. The summed E-state index contributed by atoms with van der Waals surface area (Å²) in [6.07, 6.45) is 7.60. The Morgan fingerprint density at radius 3 is 2.24 bits per heavy atom. The third kappa shape index (κ3) is 4.45. The molecule has 1 atom stereocenters. The van der Waals surface area contributed by atoms with Gasteiger partial charge in [0.25, 0.3) is 5.91 Å². The van der Waals surface area contributed by atoms with Crippen LogP contribution in [0.25, 0.3) is 0 Å². The Morgan fingerprint density at radius 1 is 1.10 bits per heavy atom. The van der Waals surface area contributed by atoms with Gasteiger partial charge in [0.05, 0.1) is 24.0 Å². The van der Waals surface area contributed by atoms with Gasteiger partial charge in [0, 0.05) is 18.5 Å². The van der Waals surface area contributed by atoms with Crippen LogP contribution in [0.1, 0.15) is 57.8 Å². The average Bonchev–Trinajstić information content (AvgIpc) is 2.97. The number of nitriles is 1. The minimum Gasteiger partial charge on any atom is -0.456 e. The van der Waals surface area contributed by atoms with Crippen LogP contribution in [0.3, 0.4) is 0 Å². The molecule has 160 valence electrons. The van der Waals surface area contributed by atoms with E-state index in [1.807, 2.05) is 4.90 Å². The summed E-state index contributed by atoms with van der Waals surface area (Å²) in [6.45, 7) is 0.0748. The number of carbonyl (C=O) groups is 2. The number of hydrogen-bond donors (Lipinski definition) is 0. The predicted molar refractivity (Wildman–Crippen MR) is 105 cm³/mol. The standard InChI is InChI=1S/C21H30N2O5S/c22-3-1-4-23(21-10-16-6-17(11-21)8-18(7-16)12-21)19(24)13-28-20(25)9-15-2-5-29(26,27)14-15/h15-18H,1-2,4-14H2/t15-,16?,17?,18?,21?/m1/s1. The lowest BCUT2D eigenvalue weighted by molar-refractivity contribution is -0.162. The lowest BCUT2D eigenvalue weighted by Crippen LogP contribution is -2.62. The molecule has 4 saturated carbocycles. The Kier molecular flexibility index (Phi) is 5.62. The van der Waals surface area contributed by atoms with Crippen molar-refractivity contribution < 1.29 is 22.7 Å². The molecule has 0 spiro atoms. The highest BCUT2D eigenvalue weighted by atomic mass is 32.2. The molecule has 8 heteroatoms. The zero-order valence-electron chi connectivity index (χ0n) is 16.8. The van der Waals surface area contributed by atoms with E-state index in [1.54, 1.807) is 0 Å². The van der Waals surface area contributed by atoms with Crippen LogP contribution in [-0.2, 0) is 24.2 Å². The molecule has 5 aliphatic rings. The number of hydrogen-bond acceptors (Lipinski definition) is 6. The summed E-state index contributed by atoms with van der Waals surface area (Å²) in [7, 11) is -3.04. The number of nitrogens with zero attached hydrogens (tertiary/aromatic N) is 2. The molecular weight excluding hydrogens is 392 g/mol. The van der Waals surface area contributed by atoms with Crippen molar-refractivity contribution in [3.63, 3.8) is 0 Å². The van der Waals surface area contributed by atoms with E-state index in [9.17, 15) is 18.0 Å². The van der Waals surface area contributed by atoms with Gasteiger partial charge in [0.1, 0.15) is 0 Å². The van der Waals surface area contributed by atoms with Gasteiger partial charge in [-0.2, -0.15) is 5.26 Å². The molecule has 5 rings (SSSR count). The minimum absolute atomic E-state index is 0.0254. The summed E-state index contributed by atoms with van der Waals surface area (Å²) in [6, 6.07) is 2.15. The highest BCUT2D eigenvalue weighted by Crippen LogP contribution is 2.57. The van der Waals surface area contributed by atoms with Gasteiger partial charge in [-0.1, -0.05) is 0 Å². The van der Waals surface area contributed by atoms with E-state index in [4.69, 9.17) is 10.00 Å².